The Hall–Kier alpha value is -3.71. The van der Waals surface area contributed by atoms with Crippen LogP contribution in [0.1, 0.15) is 22.3 Å². The molecule has 34 heavy (non-hydrogen) atoms. The molecule has 1 aromatic heterocycles. The van der Waals surface area contributed by atoms with Crippen LogP contribution in [0.15, 0.2) is 66.7 Å². The van der Waals surface area contributed by atoms with E-state index in [9.17, 15) is 4.79 Å². The third-order valence-corrected chi connectivity index (χ3v) is 5.92. The highest BCUT2D eigenvalue weighted by Gasteiger charge is 2.17. The highest BCUT2D eigenvalue weighted by molar-refractivity contribution is 5.77. The summed E-state index contributed by atoms with van der Waals surface area (Å²) in [7, 11) is 0. The predicted molar refractivity (Wildman–Crippen MR) is 130 cm³/mol. The first kappa shape index (κ1) is 22.1. The number of nitrogens with zero attached hydrogens (tertiary/aromatic N) is 4. The van der Waals surface area contributed by atoms with Gasteiger partial charge in [-0.05, 0) is 41.8 Å². The van der Waals surface area contributed by atoms with E-state index in [2.05, 4.69) is 47.5 Å². The minimum atomic E-state index is -0.0429. The van der Waals surface area contributed by atoms with Crippen molar-refractivity contribution < 1.29 is 14.3 Å². The second-order valence-electron chi connectivity index (χ2n) is 8.60. The second-order valence-corrected chi connectivity index (χ2v) is 8.60. The Morgan fingerprint density at radius 1 is 0.912 bits per heavy atom. The first-order valence-corrected chi connectivity index (χ1v) is 11.6. The summed E-state index contributed by atoms with van der Waals surface area (Å²) in [6, 6.07) is 22.3. The van der Waals surface area contributed by atoms with E-state index in [0.29, 0.717) is 32.9 Å². The Morgan fingerprint density at radius 2 is 1.71 bits per heavy atom. The van der Waals surface area contributed by atoms with Gasteiger partial charge in [0.05, 0.1) is 13.2 Å². The third-order valence-electron chi connectivity index (χ3n) is 5.92. The number of amides is 1. The summed E-state index contributed by atoms with van der Waals surface area (Å²) >= 11 is 0. The van der Waals surface area contributed by atoms with Crippen molar-refractivity contribution in [2.24, 2.45) is 0 Å². The van der Waals surface area contributed by atoms with Crippen molar-refractivity contribution in [3.63, 3.8) is 0 Å². The number of hydrogen-bond donors (Lipinski definition) is 0. The maximum Gasteiger partial charge on any atom is 0.246 e. The molecule has 2 heterocycles. The molecule has 0 saturated carbocycles. The van der Waals surface area contributed by atoms with Crippen LogP contribution in [0.2, 0.25) is 0 Å². The Balaban J connectivity index is 1.37. The fourth-order valence-corrected chi connectivity index (χ4v) is 4.24. The SMILES string of the molecule is Cc1ccc2c(c1)Cc1cccc(c1)CN(C(=O)Cn1nc3ccccc3n1)CCOCCO2. The Morgan fingerprint density at radius 3 is 2.53 bits per heavy atom. The lowest BCUT2D eigenvalue weighted by Gasteiger charge is -2.23. The normalized spacial score (nSPS) is 14.8. The van der Waals surface area contributed by atoms with Gasteiger partial charge in [-0.1, -0.05) is 54.1 Å². The fourth-order valence-electron chi connectivity index (χ4n) is 4.24. The molecule has 1 amide bonds. The van der Waals surface area contributed by atoms with Crippen molar-refractivity contribution in [1.29, 1.82) is 0 Å². The molecule has 1 aliphatic heterocycles. The van der Waals surface area contributed by atoms with Crippen molar-refractivity contribution in [2.45, 2.75) is 26.4 Å². The zero-order valence-corrected chi connectivity index (χ0v) is 19.3. The summed E-state index contributed by atoms with van der Waals surface area (Å²) in [5.41, 5.74) is 6.18. The molecule has 7 nitrogen and oxygen atoms in total. The largest absolute Gasteiger partial charge is 0.491 e. The van der Waals surface area contributed by atoms with Gasteiger partial charge in [0.1, 0.15) is 29.9 Å². The standard InChI is InChI=1S/C27H28N4O3/c1-20-9-10-26-23(15-20)17-21-5-4-6-22(16-21)18-30(11-12-33-13-14-34-26)27(32)19-31-28-24-7-2-3-8-25(24)29-31/h2-10,15-16H,11-14,17-19H2,1H3. The molecule has 4 aromatic rings. The van der Waals surface area contributed by atoms with Crippen LogP contribution in [0.5, 0.6) is 5.75 Å². The topological polar surface area (TPSA) is 69.5 Å². The lowest BCUT2D eigenvalue weighted by atomic mass is 10.0. The van der Waals surface area contributed by atoms with Gasteiger partial charge < -0.3 is 14.4 Å². The van der Waals surface area contributed by atoms with E-state index >= 15 is 0 Å². The minimum absolute atomic E-state index is 0.0429. The maximum absolute atomic E-state index is 13.2. The van der Waals surface area contributed by atoms with E-state index in [4.69, 9.17) is 9.47 Å². The summed E-state index contributed by atoms with van der Waals surface area (Å²) in [6.07, 6.45) is 0.767. The molecule has 174 valence electrons. The van der Waals surface area contributed by atoms with E-state index < -0.39 is 0 Å². The molecule has 0 fully saturated rings. The van der Waals surface area contributed by atoms with Gasteiger partial charge in [0.2, 0.25) is 5.91 Å². The van der Waals surface area contributed by atoms with E-state index in [-0.39, 0.29) is 12.5 Å². The number of rotatable bonds is 2. The molecule has 2 bridgehead atoms. The summed E-state index contributed by atoms with van der Waals surface area (Å²) in [5, 5.41) is 8.87. The zero-order valence-electron chi connectivity index (χ0n) is 19.3. The highest BCUT2D eigenvalue weighted by Crippen LogP contribution is 2.24. The van der Waals surface area contributed by atoms with Crippen LogP contribution in [0.25, 0.3) is 11.0 Å². The molecule has 0 saturated heterocycles. The quantitative estimate of drug-likeness (QED) is 0.459. The summed E-state index contributed by atoms with van der Waals surface area (Å²) in [4.78, 5) is 16.5. The summed E-state index contributed by atoms with van der Waals surface area (Å²) in [6.45, 7) is 4.54. The van der Waals surface area contributed by atoms with Crippen LogP contribution in [0.3, 0.4) is 0 Å². The van der Waals surface area contributed by atoms with Gasteiger partial charge in [-0.3, -0.25) is 4.79 Å². The first-order valence-electron chi connectivity index (χ1n) is 11.6. The van der Waals surface area contributed by atoms with Crippen LogP contribution < -0.4 is 4.74 Å². The van der Waals surface area contributed by atoms with Gasteiger partial charge in [-0.25, -0.2) is 0 Å². The molecule has 1 aliphatic rings. The van der Waals surface area contributed by atoms with Crippen LogP contribution in [0, 0.1) is 6.92 Å². The minimum Gasteiger partial charge on any atom is -0.491 e. The lowest BCUT2D eigenvalue weighted by Crippen LogP contribution is -2.36. The summed E-state index contributed by atoms with van der Waals surface area (Å²) in [5.74, 6) is 0.853. The second kappa shape index (κ2) is 10.1. The van der Waals surface area contributed by atoms with Gasteiger partial charge in [-0.15, -0.1) is 0 Å². The highest BCUT2D eigenvalue weighted by atomic mass is 16.5. The average Bonchev–Trinajstić information content (AvgIpc) is 3.23. The fraction of sp³-hybridized carbons (Fsp3) is 0.296. The average molecular weight is 457 g/mol. The number of carbonyl (C=O) groups is 1. The molecule has 0 aliphatic carbocycles. The molecule has 3 aromatic carbocycles. The van der Waals surface area contributed by atoms with Gasteiger partial charge in [0, 0.05) is 19.5 Å². The molecule has 0 radical (unpaired) electrons. The molecular formula is C27H28N4O3. The van der Waals surface area contributed by atoms with Gasteiger partial charge in [0.25, 0.3) is 0 Å². The number of aromatic nitrogens is 3. The van der Waals surface area contributed by atoms with Crippen LogP contribution in [-0.2, 0) is 29.0 Å². The molecule has 0 N–H and O–H groups in total. The predicted octanol–water partition coefficient (Wildman–Crippen LogP) is 3.77. The molecule has 5 rings (SSSR count). The number of aryl methyl sites for hydroxylation is 1. The Bertz CT molecular complexity index is 1270. The molecule has 0 unspecified atom stereocenters. The molecular weight excluding hydrogens is 428 g/mol. The van der Waals surface area contributed by atoms with E-state index in [1.807, 2.05) is 41.3 Å². The van der Waals surface area contributed by atoms with Crippen molar-refractivity contribution in [2.75, 3.05) is 26.4 Å². The van der Waals surface area contributed by atoms with Crippen molar-refractivity contribution in [1.82, 2.24) is 19.9 Å². The number of ether oxygens (including phenoxy) is 2. The number of benzene rings is 3. The van der Waals surface area contributed by atoms with Crippen molar-refractivity contribution in [3.8, 4) is 5.75 Å². The van der Waals surface area contributed by atoms with Crippen LogP contribution in [0.4, 0.5) is 0 Å². The van der Waals surface area contributed by atoms with Gasteiger partial charge >= 0.3 is 0 Å². The van der Waals surface area contributed by atoms with Crippen molar-refractivity contribution >= 4 is 16.9 Å². The third kappa shape index (κ3) is 5.26. The number of fused-ring (bicyclic) bond motifs is 4. The van der Waals surface area contributed by atoms with Crippen LogP contribution in [-0.4, -0.2) is 52.2 Å². The number of hydrogen-bond acceptors (Lipinski definition) is 5. The van der Waals surface area contributed by atoms with Gasteiger partial charge in [-0.2, -0.15) is 15.0 Å². The van der Waals surface area contributed by atoms with Crippen LogP contribution >= 0.6 is 0 Å². The molecule has 0 spiro atoms. The molecule has 0 atom stereocenters. The maximum atomic E-state index is 13.2. The van der Waals surface area contributed by atoms with E-state index in [1.165, 1.54) is 15.9 Å². The monoisotopic (exact) mass is 456 g/mol. The van der Waals surface area contributed by atoms with Gasteiger partial charge in [0.15, 0.2) is 0 Å². The Labute approximate surface area is 198 Å². The lowest BCUT2D eigenvalue weighted by molar-refractivity contribution is -0.133. The zero-order chi connectivity index (χ0) is 23.3. The molecule has 7 heteroatoms. The first-order chi connectivity index (χ1) is 16.6. The Kier molecular flexibility index (Phi) is 6.53. The summed E-state index contributed by atoms with van der Waals surface area (Å²) < 4.78 is 11.8. The smallest absolute Gasteiger partial charge is 0.246 e. The van der Waals surface area contributed by atoms with Crippen molar-refractivity contribution in [3.05, 3.63) is 89.0 Å². The number of carbonyl (C=O) groups excluding carboxylic acids is 1. The van der Waals surface area contributed by atoms with E-state index in [1.54, 1.807) is 0 Å². The van der Waals surface area contributed by atoms with E-state index in [0.717, 1.165) is 34.3 Å².